The van der Waals surface area contributed by atoms with Gasteiger partial charge in [-0.25, -0.2) is 4.57 Å². The SMILES string of the molecule is CCCCCCCCC1(OP(=O)(O)O)CCCCC1. The summed E-state index contributed by atoms with van der Waals surface area (Å²) in [4.78, 5) is 18.2. The van der Waals surface area contributed by atoms with Crippen molar-refractivity contribution in [2.24, 2.45) is 0 Å². The van der Waals surface area contributed by atoms with E-state index in [0.717, 1.165) is 51.4 Å². The molecule has 0 amide bonds. The number of phosphoric ester groups is 1. The lowest BCUT2D eigenvalue weighted by Crippen LogP contribution is -2.34. The molecule has 1 fully saturated rings. The lowest BCUT2D eigenvalue weighted by molar-refractivity contribution is -0.00591. The standard InChI is InChI=1S/C14H29O4P/c1-2-3-4-5-6-8-11-14(18-19(15,16)17)12-9-7-10-13-14/h2-13H2,1H3,(H2,15,16,17). The van der Waals surface area contributed by atoms with Gasteiger partial charge in [-0.05, 0) is 19.3 Å². The minimum Gasteiger partial charge on any atom is -0.303 e. The molecule has 0 heterocycles. The van der Waals surface area contributed by atoms with Crippen LogP contribution in [0.5, 0.6) is 0 Å². The van der Waals surface area contributed by atoms with Gasteiger partial charge in [0.05, 0.1) is 5.60 Å². The Balaban J connectivity index is 2.35. The van der Waals surface area contributed by atoms with E-state index in [-0.39, 0.29) is 0 Å². The largest absolute Gasteiger partial charge is 0.470 e. The van der Waals surface area contributed by atoms with Crippen molar-refractivity contribution in [2.75, 3.05) is 0 Å². The van der Waals surface area contributed by atoms with E-state index in [1.165, 1.54) is 25.7 Å². The summed E-state index contributed by atoms with van der Waals surface area (Å²) in [6.07, 6.45) is 12.8. The van der Waals surface area contributed by atoms with Gasteiger partial charge in [-0.2, -0.15) is 0 Å². The molecule has 114 valence electrons. The minimum absolute atomic E-state index is 0.554. The van der Waals surface area contributed by atoms with Crippen LogP contribution in [0.25, 0.3) is 0 Å². The van der Waals surface area contributed by atoms with E-state index < -0.39 is 13.4 Å². The molecule has 5 heteroatoms. The Bertz CT molecular complexity index is 281. The van der Waals surface area contributed by atoms with E-state index in [2.05, 4.69) is 6.92 Å². The van der Waals surface area contributed by atoms with E-state index in [9.17, 15) is 4.57 Å². The molecule has 19 heavy (non-hydrogen) atoms. The first-order valence-electron chi connectivity index (χ1n) is 7.74. The summed E-state index contributed by atoms with van der Waals surface area (Å²) in [6.45, 7) is 2.20. The Morgan fingerprint density at radius 2 is 1.58 bits per heavy atom. The molecule has 0 aromatic heterocycles. The zero-order valence-corrected chi connectivity index (χ0v) is 13.0. The van der Waals surface area contributed by atoms with Crippen LogP contribution in [0.15, 0.2) is 0 Å². The highest BCUT2D eigenvalue weighted by Gasteiger charge is 2.38. The molecule has 1 saturated carbocycles. The van der Waals surface area contributed by atoms with Gasteiger partial charge < -0.3 is 9.79 Å². The van der Waals surface area contributed by atoms with Crippen molar-refractivity contribution in [1.29, 1.82) is 0 Å². The maximum atomic E-state index is 11.2. The van der Waals surface area contributed by atoms with Gasteiger partial charge in [0.2, 0.25) is 0 Å². The van der Waals surface area contributed by atoms with Crippen LogP contribution in [0.4, 0.5) is 0 Å². The molecular formula is C14H29O4P. The van der Waals surface area contributed by atoms with Crippen LogP contribution in [0.2, 0.25) is 0 Å². The Morgan fingerprint density at radius 3 is 2.16 bits per heavy atom. The average Bonchev–Trinajstić information content (AvgIpc) is 2.32. The summed E-state index contributed by atoms with van der Waals surface area (Å²) < 4.78 is 16.3. The van der Waals surface area contributed by atoms with Gasteiger partial charge in [-0.15, -0.1) is 0 Å². The maximum absolute atomic E-state index is 11.2. The van der Waals surface area contributed by atoms with Crippen molar-refractivity contribution in [3.63, 3.8) is 0 Å². The van der Waals surface area contributed by atoms with Gasteiger partial charge in [0.15, 0.2) is 0 Å². The molecule has 0 saturated heterocycles. The van der Waals surface area contributed by atoms with Crippen LogP contribution < -0.4 is 0 Å². The Hall–Kier alpha value is 0.110. The van der Waals surface area contributed by atoms with Crippen molar-refractivity contribution in [3.8, 4) is 0 Å². The van der Waals surface area contributed by atoms with Crippen LogP contribution in [0.3, 0.4) is 0 Å². The Kier molecular flexibility index (Phi) is 7.60. The topological polar surface area (TPSA) is 66.8 Å². The highest BCUT2D eigenvalue weighted by atomic mass is 31.2. The third-order valence-corrected chi connectivity index (χ3v) is 4.69. The molecule has 0 aromatic rings. The highest BCUT2D eigenvalue weighted by molar-refractivity contribution is 7.46. The number of unbranched alkanes of at least 4 members (excludes halogenated alkanes) is 5. The van der Waals surface area contributed by atoms with Crippen LogP contribution in [-0.2, 0) is 9.09 Å². The van der Waals surface area contributed by atoms with Crippen molar-refractivity contribution in [3.05, 3.63) is 0 Å². The number of hydrogen-bond acceptors (Lipinski definition) is 2. The predicted octanol–water partition coefficient (Wildman–Crippen LogP) is 4.55. The van der Waals surface area contributed by atoms with E-state index in [4.69, 9.17) is 14.3 Å². The molecule has 1 rings (SSSR count). The molecule has 0 atom stereocenters. The van der Waals surface area contributed by atoms with Crippen molar-refractivity contribution >= 4 is 7.82 Å². The summed E-state index contributed by atoms with van der Waals surface area (Å²) in [5.41, 5.74) is -0.554. The normalized spacial score (nSPS) is 19.5. The second kappa shape index (κ2) is 8.41. The molecule has 0 aromatic carbocycles. The van der Waals surface area contributed by atoms with Crippen LogP contribution >= 0.6 is 7.82 Å². The maximum Gasteiger partial charge on any atom is 0.470 e. The molecule has 2 N–H and O–H groups in total. The fourth-order valence-electron chi connectivity index (χ4n) is 3.06. The molecule has 0 aliphatic heterocycles. The second-order valence-corrected chi connectivity index (χ2v) is 7.01. The average molecular weight is 292 g/mol. The Labute approximate surface area is 117 Å². The first kappa shape index (κ1) is 17.2. The van der Waals surface area contributed by atoms with E-state index in [1.54, 1.807) is 0 Å². The van der Waals surface area contributed by atoms with Crippen LogP contribution in [-0.4, -0.2) is 15.4 Å². The molecular weight excluding hydrogens is 263 g/mol. The molecule has 0 spiro atoms. The zero-order valence-electron chi connectivity index (χ0n) is 12.1. The number of hydrogen-bond donors (Lipinski definition) is 2. The monoisotopic (exact) mass is 292 g/mol. The molecule has 1 aliphatic carbocycles. The van der Waals surface area contributed by atoms with Gasteiger partial charge in [-0.1, -0.05) is 64.7 Å². The van der Waals surface area contributed by atoms with Gasteiger partial charge in [0.1, 0.15) is 0 Å². The fourth-order valence-corrected chi connectivity index (χ4v) is 3.84. The van der Waals surface area contributed by atoms with Gasteiger partial charge in [-0.3, -0.25) is 4.52 Å². The van der Waals surface area contributed by atoms with Gasteiger partial charge >= 0.3 is 7.82 Å². The van der Waals surface area contributed by atoms with Gasteiger partial charge in [0, 0.05) is 0 Å². The molecule has 0 unspecified atom stereocenters. The van der Waals surface area contributed by atoms with Crippen molar-refractivity contribution in [1.82, 2.24) is 0 Å². The van der Waals surface area contributed by atoms with Crippen LogP contribution in [0, 0.1) is 0 Å². The van der Waals surface area contributed by atoms with E-state index in [1.807, 2.05) is 0 Å². The summed E-state index contributed by atoms with van der Waals surface area (Å²) in [5, 5.41) is 0. The molecule has 1 aliphatic rings. The first-order valence-corrected chi connectivity index (χ1v) is 9.27. The van der Waals surface area contributed by atoms with Crippen molar-refractivity contribution in [2.45, 2.75) is 89.6 Å². The van der Waals surface area contributed by atoms with E-state index in [0.29, 0.717) is 0 Å². The van der Waals surface area contributed by atoms with Gasteiger partial charge in [0.25, 0.3) is 0 Å². The lowest BCUT2D eigenvalue weighted by atomic mass is 9.81. The molecule has 0 bridgehead atoms. The summed E-state index contributed by atoms with van der Waals surface area (Å²) in [5.74, 6) is 0. The fraction of sp³-hybridized carbons (Fsp3) is 1.00. The van der Waals surface area contributed by atoms with Crippen LogP contribution in [0.1, 0.15) is 84.0 Å². The summed E-state index contributed by atoms with van der Waals surface area (Å²) in [7, 11) is -4.37. The highest BCUT2D eigenvalue weighted by Crippen LogP contribution is 2.48. The number of phosphoric acid groups is 1. The predicted molar refractivity (Wildman–Crippen MR) is 76.9 cm³/mol. The summed E-state index contributed by atoms with van der Waals surface area (Å²) >= 11 is 0. The molecule has 4 nitrogen and oxygen atoms in total. The third-order valence-electron chi connectivity index (χ3n) is 4.06. The smallest absolute Gasteiger partial charge is 0.303 e. The zero-order chi connectivity index (χ0) is 14.2. The van der Waals surface area contributed by atoms with Crippen molar-refractivity contribution < 1.29 is 18.9 Å². The first-order chi connectivity index (χ1) is 8.97. The second-order valence-electron chi connectivity index (χ2n) is 5.84. The third kappa shape index (κ3) is 7.45. The minimum atomic E-state index is -4.37. The quantitative estimate of drug-likeness (QED) is 0.483. The summed E-state index contributed by atoms with van der Waals surface area (Å²) in [6, 6.07) is 0. The lowest BCUT2D eigenvalue weighted by Gasteiger charge is -2.37. The van der Waals surface area contributed by atoms with E-state index >= 15 is 0 Å². The molecule has 0 radical (unpaired) electrons. The Morgan fingerprint density at radius 1 is 1.00 bits per heavy atom. The number of rotatable bonds is 9.